The van der Waals surface area contributed by atoms with Crippen molar-refractivity contribution in [1.82, 2.24) is 4.57 Å². The lowest BCUT2D eigenvalue weighted by Crippen LogP contribution is -2.19. The number of hydrogen-bond donors (Lipinski definition) is 1. The average Bonchev–Trinajstić information content (AvgIpc) is 2.34. The van der Waals surface area contributed by atoms with E-state index >= 15 is 0 Å². The lowest BCUT2D eigenvalue weighted by atomic mass is 10.2. The van der Waals surface area contributed by atoms with Crippen LogP contribution in [0.25, 0.3) is 0 Å². The fraction of sp³-hybridized carbons (Fsp3) is 0.143. The Morgan fingerprint density at radius 1 is 1.32 bits per heavy atom. The molecule has 98 valence electrons. The summed E-state index contributed by atoms with van der Waals surface area (Å²) in [4.78, 5) is 22.5. The molecular weight excluding hydrogens is 310 g/mol. The van der Waals surface area contributed by atoms with E-state index in [4.69, 9.17) is 5.11 Å². The predicted octanol–water partition coefficient (Wildman–Crippen LogP) is 2.67. The third-order valence-electron chi connectivity index (χ3n) is 2.84. The molecule has 0 fully saturated rings. The SMILES string of the molecule is Cc1cc(=O)c(C(=O)O)cn1Cc1ccc(Br)cc1. The fourth-order valence-corrected chi connectivity index (χ4v) is 2.05. The number of halogens is 1. The highest BCUT2D eigenvalue weighted by Crippen LogP contribution is 2.12. The Balaban J connectivity index is 2.39. The first kappa shape index (κ1) is 13.5. The molecule has 1 aromatic heterocycles. The maximum atomic E-state index is 11.5. The molecular formula is C14H12BrNO3. The summed E-state index contributed by atoms with van der Waals surface area (Å²) in [5.41, 5.74) is 1.10. The van der Waals surface area contributed by atoms with E-state index < -0.39 is 11.4 Å². The summed E-state index contributed by atoms with van der Waals surface area (Å²) < 4.78 is 2.74. The van der Waals surface area contributed by atoms with Gasteiger partial charge in [0.2, 0.25) is 0 Å². The summed E-state index contributed by atoms with van der Waals surface area (Å²) in [7, 11) is 0. The van der Waals surface area contributed by atoms with Gasteiger partial charge in [0.05, 0.1) is 0 Å². The monoisotopic (exact) mass is 321 g/mol. The molecule has 1 N–H and O–H groups in total. The number of rotatable bonds is 3. The average molecular weight is 322 g/mol. The van der Waals surface area contributed by atoms with Crippen LogP contribution in [0.1, 0.15) is 21.6 Å². The molecule has 19 heavy (non-hydrogen) atoms. The molecule has 0 aliphatic heterocycles. The Labute approximate surface area is 118 Å². The number of nitrogens with zero attached hydrogens (tertiary/aromatic N) is 1. The van der Waals surface area contributed by atoms with Crippen molar-refractivity contribution in [3.8, 4) is 0 Å². The molecule has 0 bridgehead atoms. The highest BCUT2D eigenvalue weighted by atomic mass is 79.9. The summed E-state index contributed by atoms with van der Waals surface area (Å²) in [5.74, 6) is -1.20. The minimum absolute atomic E-state index is 0.206. The maximum absolute atomic E-state index is 11.5. The number of aryl methyl sites for hydroxylation is 1. The molecule has 1 heterocycles. The van der Waals surface area contributed by atoms with Crippen molar-refractivity contribution in [2.24, 2.45) is 0 Å². The van der Waals surface area contributed by atoms with Gasteiger partial charge in [0.15, 0.2) is 5.43 Å². The second-order valence-corrected chi connectivity index (χ2v) is 5.17. The van der Waals surface area contributed by atoms with Crippen LogP contribution in [0.2, 0.25) is 0 Å². The number of aromatic carboxylic acids is 1. The predicted molar refractivity (Wildman–Crippen MR) is 75.6 cm³/mol. The summed E-state index contributed by atoms with van der Waals surface area (Å²) in [6, 6.07) is 9.09. The molecule has 2 aromatic rings. The van der Waals surface area contributed by atoms with Gasteiger partial charge >= 0.3 is 5.97 Å². The van der Waals surface area contributed by atoms with Gasteiger partial charge in [-0.3, -0.25) is 4.79 Å². The molecule has 0 amide bonds. The van der Waals surface area contributed by atoms with Crippen LogP contribution in [-0.2, 0) is 6.54 Å². The molecule has 0 spiro atoms. The summed E-state index contributed by atoms with van der Waals surface area (Å²) >= 11 is 3.36. The third-order valence-corrected chi connectivity index (χ3v) is 3.37. The molecule has 0 saturated carbocycles. The van der Waals surface area contributed by atoms with E-state index in [1.807, 2.05) is 24.3 Å². The number of carboxylic acids is 1. The van der Waals surface area contributed by atoms with Gasteiger partial charge in [0.25, 0.3) is 0 Å². The second-order valence-electron chi connectivity index (χ2n) is 4.25. The molecule has 0 saturated heterocycles. The van der Waals surface area contributed by atoms with Gasteiger partial charge in [-0.2, -0.15) is 0 Å². The molecule has 0 unspecified atom stereocenters. The van der Waals surface area contributed by atoms with E-state index in [1.54, 1.807) is 11.5 Å². The highest BCUT2D eigenvalue weighted by Gasteiger charge is 2.10. The van der Waals surface area contributed by atoms with Crippen LogP contribution in [0, 0.1) is 6.92 Å². The second kappa shape index (κ2) is 5.40. The Morgan fingerprint density at radius 2 is 1.95 bits per heavy atom. The van der Waals surface area contributed by atoms with Gasteiger partial charge in [0.1, 0.15) is 5.56 Å². The molecule has 2 rings (SSSR count). The minimum Gasteiger partial charge on any atom is -0.477 e. The van der Waals surface area contributed by atoms with E-state index in [2.05, 4.69) is 15.9 Å². The number of benzene rings is 1. The van der Waals surface area contributed by atoms with Gasteiger partial charge < -0.3 is 9.67 Å². The van der Waals surface area contributed by atoms with Crippen molar-refractivity contribution >= 4 is 21.9 Å². The van der Waals surface area contributed by atoms with Crippen LogP contribution in [0.3, 0.4) is 0 Å². The maximum Gasteiger partial charge on any atom is 0.341 e. The van der Waals surface area contributed by atoms with Gasteiger partial charge in [-0.05, 0) is 24.6 Å². The van der Waals surface area contributed by atoms with E-state index in [9.17, 15) is 9.59 Å². The zero-order chi connectivity index (χ0) is 14.0. The molecule has 0 aliphatic carbocycles. The van der Waals surface area contributed by atoms with Gasteiger partial charge in [-0.15, -0.1) is 0 Å². The van der Waals surface area contributed by atoms with Crippen LogP contribution in [0.5, 0.6) is 0 Å². The molecule has 5 heteroatoms. The van der Waals surface area contributed by atoms with Crippen molar-refractivity contribution in [3.63, 3.8) is 0 Å². The molecule has 0 atom stereocenters. The zero-order valence-corrected chi connectivity index (χ0v) is 11.8. The standard InChI is InChI=1S/C14H12BrNO3/c1-9-6-13(17)12(14(18)19)8-16(9)7-10-2-4-11(15)5-3-10/h2-6,8H,7H2,1H3,(H,18,19). The molecule has 1 aromatic carbocycles. The summed E-state index contributed by atoms with van der Waals surface area (Å²) in [5, 5.41) is 8.96. The van der Waals surface area contributed by atoms with E-state index in [-0.39, 0.29) is 5.56 Å². The topological polar surface area (TPSA) is 59.3 Å². The van der Waals surface area contributed by atoms with Crippen molar-refractivity contribution in [3.05, 3.63) is 68.0 Å². The van der Waals surface area contributed by atoms with Crippen molar-refractivity contribution in [1.29, 1.82) is 0 Å². The first-order valence-electron chi connectivity index (χ1n) is 5.66. The van der Waals surface area contributed by atoms with E-state index in [0.29, 0.717) is 6.54 Å². The van der Waals surface area contributed by atoms with Gasteiger partial charge in [-0.25, -0.2) is 4.79 Å². The van der Waals surface area contributed by atoms with Crippen LogP contribution in [-0.4, -0.2) is 15.6 Å². The smallest absolute Gasteiger partial charge is 0.341 e. The lowest BCUT2D eigenvalue weighted by molar-refractivity contribution is 0.0694. The van der Waals surface area contributed by atoms with Crippen molar-refractivity contribution in [2.45, 2.75) is 13.5 Å². The van der Waals surface area contributed by atoms with Crippen LogP contribution >= 0.6 is 15.9 Å². The van der Waals surface area contributed by atoms with E-state index in [0.717, 1.165) is 15.7 Å². The highest BCUT2D eigenvalue weighted by molar-refractivity contribution is 9.10. The number of carboxylic acid groups (broad SMARTS) is 1. The Bertz CT molecular complexity index is 674. The van der Waals surface area contributed by atoms with Crippen LogP contribution in [0.4, 0.5) is 0 Å². The van der Waals surface area contributed by atoms with E-state index in [1.165, 1.54) is 12.3 Å². The van der Waals surface area contributed by atoms with Gasteiger partial charge in [0, 0.05) is 29.0 Å². The summed E-state index contributed by atoms with van der Waals surface area (Å²) in [6.45, 7) is 2.31. The van der Waals surface area contributed by atoms with Crippen LogP contribution in [0.15, 0.2) is 45.8 Å². The third kappa shape index (κ3) is 3.12. The summed E-state index contributed by atoms with van der Waals surface area (Å²) in [6.07, 6.45) is 1.39. The number of hydrogen-bond acceptors (Lipinski definition) is 2. The normalized spacial score (nSPS) is 10.4. The Morgan fingerprint density at radius 3 is 2.53 bits per heavy atom. The first-order valence-corrected chi connectivity index (χ1v) is 6.45. The Kier molecular flexibility index (Phi) is 3.85. The van der Waals surface area contributed by atoms with Crippen molar-refractivity contribution < 1.29 is 9.90 Å². The Hall–Kier alpha value is -1.88. The quantitative estimate of drug-likeness (QED) is 0.945. The number of carbonyl (C=O) groups is 1. The van der Waals surface area contributed by atoms with Crippen LogP contribution < -0.4 is 5.43 Å². The molecule has 4 nitrogen and oxygen atoms in total. The van der Waals surface area contributed by atoms with Crippen molar-refractivity contribution in [2.75, 3.05) is 0 Å². The largest absolute Gasteiger partial charge is 0.477 e. The fourth-order valence-electron chi connectivity index (χ4n) is 1.79. The number of pyridine rings is 1. The minimum atomic E-state index is -1.20. The zero-order valence-electron chi connectivity index (χ0n) is 10.3. The van der Waals surface area contributed by atoms with Gasteiger partial charge in [-0.1, -0.05) is 28.1 Å². The molecule has 0 aliphatic rings. The first-order chi connectivity index (χ1) is 8.97. The lowest BCUT2D eigenvalue weighted by Gasteiger charge is -2.11. The number of aromatic nitrogens is 1. The molecule has 0 radical (unpaired) electrons.